The number of hydrogen-bond acceptors (Lipinski definition) is 5. The quantitative estimate of drug-likeness (QED) is 0.151. The van der Waals surface area contributed by atoms with E-state index in [0.717, 1.165) is 65.3 Å². The van der Waals surface area contributed by atoms with Gasteiger partial charge in [-0.15, -0.1) is 0 Å². The van der Waals surface area contributed by atoms with Gasteiger partial charge in [-0.2, -0.15) is 0 Å². The maximum absolute atomic E-state index is 16.4. The Labute approximate surface area is 236 Å². The number of hydrogen-bond donors (Lipinski definition) is 0. The first-order valence-electron chi connectivity index (χ1n) is 14.4. The van der Waals surface area contributed by atoms with E-state index < -0.39 is 18.4 Å². The van der Waals surface area contributed by atoms with Gasteiger partial charge in [-0.1, -0.05) is 13.3 Å². The SMILES string of the molecule is CCCCOC(=O)N1CCN(c2snc3c(F)[c]([Sn]([CH2]CCC)([CH2]CCC)[CH2]CCC)c(Cl)cc23)CC1. The van der Waals surface area contributed by atoms with E-state index in [1.165, 1.54) is 24.8 Å². The number of anilines is 1. The number of benzene rings is 1. The standard InChI is InChI=1S/C16H18ClFN3O2S.3C4H9.Sn/c1-2-3-8-23-16(22)21-6-4-20(5-7-21)15-12-9-11(17)10-13(18)14(12)19-24-15;3*1-3-4-2;/h9H,2-8H2,1H3;3*1,3-4H2,2H3;. The van der Waals surface area contributed by atoms with Crippen LogP contribution in [0.1, 0.15) is 79.1 Å². The Hall–Kier alpha value is -0.801. The molecule has 3 rings (SSSR count). The minimum atomic E-state index is -3.08. The zero-order valence-electron chi connectivity index (χ0n) is 23.2. The molecule has 0 aliphatic carbocycles. The average Bonchev–Trinajstić information content (AvgIpc) is 3.33. The molecule has 1 aromatic heterocycles. The van der Waals surface area contributed by atoms with Crippen molar-refractivity contribution >= 4 is 67.1 Å². The summed E-state index contributed by atoms with van der Waals surface area (Å²) in [6.07, 6.45) is 8.53. The van der Waals surface area contributed by atoms with Crippen molar-refractivity contribution in [2.75, 3.05) is 37.7 Å². The molecule has 208 valence electrons. The van der Waals surface area contributed by atoms with Crippen molar-refractivity contribution in [2.24, 2.45) is 0 Å². The van der Waals surface area contributed by atoms with Crippen molar-refractivity contribution in [3.63, 3.8) is 0 Å². The van der Waals surface area contributed by atoms with Crippen LogP contribution in [0.25, 0.3) is 10.9 Å². The van der Waals surface area contributed by atoms with Crippen molar-refractivity contribution in [2.45, 2.75) is 92.4 Å². The van der Waals surface area contributed by atoms with Gasteiger partial charge in [0.05, 0.1) is 0 Å². The van der Waals surface area contributed by atoms with Gasteiger partial charge in [0.2, 0.25) is 0 Å². The summed E-state index contributed by atoms with van der Waals surface area (Å²) in [5, 5.41) is 2.40. The van der Waals surface area contributed by atoms with E-state index in [0.29, 0.717) is 43.3 Å². The Morgan fingerprint density at radius 1 is 1.00 bits per heavy atom. The number of rotatable bonds is 14. The van der Waals surface area contributed by atoms with E-state index >= 15 is 4.39 Å². The van der Waals surface area contributed by atoms with Gasteiger partial charge in [-0.25, -0.2) is 0 Å². The van der Waals surface area contributed by atoms with E-state index in [1.54, 1.807) is 4.90 Å². The molecule has 1 fully saturated rings. The maximum atomic E-state index is 16.4. The fourth-order valence-electron chi connectivity index (χ4n) is 5.50. The molecule has 5 nitrogen and oxygen atoms in total. The predicted octanol–water partition coefficient (Wildman–Crippen LogP) is 8.20. The molecule has 0 spiro atoms. The van der Waals surface area contributed by atoms with Gasteiger partial charge in [0.1, 0.15) is 0 Å². The Balaban J connectivity index is 1.88. The van der Waals surface area contributed by atoms with Crippen LogP contribution in [0, 0.1) is 5.82 Å². The Morgan fingerprint density at radius 3 is 2.11 bits per heavy atom. The Kier molecular flexibility index (Phi) is 12.6. The van der Waals surface area contributed by atoms with E-state index in [4.69, 9.17) is 16.3 Å². The number of ether oxygens (including phenoxy) is 1. The summed E-state index contributed by atoms with van der Waals surface area (Å²) in [7, 11) is 0. The molecule has 37 heavy (non-hydrogen) atoms. The second-order valence-corrected chi connectivity index (χ2v) is 24.6. The number of aromatic nitrogens is 1. The molecule has 2 heterocycles. The van der Waals surface area contributed by atoms with E-state index in [-0.39, 0.29) is 11.9 Å². The van der Waals surface area contributed by atoms with Gasteiger partial charge in [0.25, 0.3) is 0 Å². The molecule has 0 N–H and O–H groups in total. The van der Waals surface area contributed by atoms with Crippen LogP contribution in [0.2, 0.25) is 18.3 Å². The summed E-state index contributed by atoms with van der Waals surface area (Å²) in [5.74, 6) is -0.137. The Bertz CT molecular complexity index is 991. The van der Waals surface area contributed by atoms with Crippen molar-refractivity contribution in [1.82, 2.24) is 9.27 Å². The number of fused-ring (bicyclic) bond motifs is 1. The van der Waals surface area contributed by atoms with Gasteiger partial charge in [0, 0.05) is 0 Å². The van der Waals surface area contributed by atoms with Crippen LogP contribution >= 0.6 is 23.1 Å². The molecule has 2 aromatic rings. The van der Waals surface area contributed by atoms with Crippen LogP contribution in [0.5, 0.6) is 0 Å². The van der Waals surface area contributed by atoms with Crippen LogP contribution in [0.15, 0.2) is 6.07 Å². The first-order valence-corrected chi connectivity index (χ1v) is 23.0. The summed E-state index contributed by atoms with van der Waals surface area (Å²) in [4.78, 5) is 16.3. The van der Waals surface area contributed by atoms with Crippen molar-refractivity contribution < 1.29 is 13.9 Å². The molecule has 0 unspecified atom stereocenters. The number of nitrogens with zero attached hydrogens (tertiary/aromatic N) is 3. The third-order valence-corrected chi connectivity index (χ3v) is 25.1. The molecular weight excluding hydrogens is 616 g/mol. The first kappa shape index (κ1) is 30.7. The van der Waals surface area contributed by atoms with Crippen LogP contribution in [-0.4, -0.2) is 66.5 Å². The van der Waals surface area contributed by atoms with Gasteiger partial charge >= 0.3 is 217 Å². The molecule has 0 atom stereocenters. The molecule has 0 saturated carbocycles. The first-order chi connectivity index (χ1) is 17.9. The summed E-state index contributed by atoms with van der Waals surface area (Å²) in [6.45, 7) is 11.8. The fraction of sp³-hybridized carbons (Fsp3) is 0.714. The van der Waals surface area contributed by atoms with Crippen LogP contribution in [0.4, 0.5) is 14.2 Å². The molecule has 1 saturated heterocycles. The number of halogens is 2. The molecule has 1 aromatic carbocycles. The second-order valence-electron chi connectivity index (χ2n) is 10.5. The van der Waals surface area contributed by atoms with Crippen LogP contribution in [0.3, 0.4) is 0 Å². The van der Waals surface area contributed by atoms with E-state index in [9.17, 15) is 4.79 Å². The summed E-state index contributed by atoms with van der Waals surface area (Å²) >= 11 is 5.30. The topological polar surface area (TPSA) is 45.7 Å². The molecule has 9 heteroatoms. The van der Waals surface area contributed by atoms with Crippen LogP contribution in [-0.2, 0) is 4.74 Å². The van der Waals surface area contributed by atoms with Crippen molar-refractivity contribution in [1.29, 1.82) is 0 Å². The average molecular weight is 661 g/mol. The van der Waals surface area contributed by atoms with Gasteiger partial charge in [-0.3, -0.25) is 0 Å². The fourth-order valence-corrected chi connectivity index (χ4v) is 24.4. The second kappa shape index (κ2) is 15.1. The molecule has 1 aliphatic rings. The zero-order chi connectivity index (χ0) is 26.8. The normalized spacial score (nSPS) is 14.5. The number of amides is 1. The third kappa shape index (κ3) is 7.44. The third-order valence-electron chi connectivity index (χ3n) is 7.75. The van der Waals surface area contributed by atoms with Crippen molar-refractivity contribution in [3.8, 4) is 0 Å². The molecule has 1 aliphatic heterocycles. The van der Waals surface area contributed by atoms with E-state index in [2.05, 4.69) is 37.0 Å². The molecule has 0 bridgehead atoms. The van der Waals surface area contributed by atoms with Gasteiger partial charge in [0.15, 0.2) is 0 Å². The van der Waals surface area contributed by atoms with E-state index in [1.807, 2.05) is 6.07 Å². The van der Waals surface area contributed by atoms with Gasteiger partial charge < -0.3 is 0 Å². The molecular formula is C28H45ClFN3O2SSn. The minimum absolute atomic E-state index is 0.137. The summed E-state index contributed by atoms with van der Waals surface area (Å²) in [6, 6.07) is 2.01. The van der Waals surface area contributed by atoms with Gasteiger partial charge in [-0.05, 0) is 6.42 Å². The number of piperazine rings is 1. The summed E-state index contributed by atoms with van der Waals surface area (Å²) in [5.41, 5.74) is 0.492. The number of carbonyl (C=O) groups excluding carboxylic acids is 1. The number of carbonyl (C=O) groups is 1. The van der Waals surface area contributed by atoms with Crippen molar-refractivity contribution in [3.05, 3.63) is 16.9 Å². The zero-order valence-corrected chi connectivity index (χ0v) is 27.6. The molecule has 1 amide bonds. The van der Waals surface area contributed by atoms with Crippen LogP contribution < -0.4 is 8.48 Å². The molecule has 0 radical (unpaired) electrons. The number of unbranched alkanes of at least 4 members (excludes halogenated alkanes) is 4. The Morgan fingerprint density at radius 2 is 1.57 bits per heavy atom. The monoisotopic (exact) mass is 661 g/mol. The predicted molar refractivity (Wildman–Crippen MR) is 159 cm³/mol. The summed E-state index contributed by atoms with van der Waals surface area (Å²) < 4.78 is 30.9.